The quantitative estimate of drug-likeness (QED) is 0.797. The second-order valence-corrected chi connectivity index (χ2v) is 6.89. The summed E-state index contributed by atoms with van der Waals surface area (Å²) >= 11 is 3.65. The number of alkyl halides is 1. The van der Waals surface area contributed by atoms with Crippen LogP contribution in [0.2, 0.25) is 0 Å². The van der Waals surface area contributed by atoms with E-state index in [1.54, 1.807) is 6.07 Å². The lowest BCUT2D eigenvalue weighted by atomic mass is 9.98. The van der Waals surface area contributed by atoms with Crippen LogP contribution in [0.3, 0.4) is 0 Å². The van der Waals surface area contributed by atoms with E-state index in [0.29, 0.717) is 16.3 Å². The van der Waals surface area contributed by atoms with Gasteiger partial charge in [0.05, 0.1) is 5.56 Å². The van der Waals surface area contributed by atoms with Crippen molar-refractivity contribution in [1.29, 1.82) is 0 Å². The van der Waals surface area contributed by atoms with E-state index in [0.717, 1.165) is 30.3 Å². The van der Waals surface area contributed by atoms with E-state index < -0.39 is 0 Å². The van der Waals surface area contributed by atoms with Gasteiger partial charge in [0.25, 0.3) is 5.91 Å². The number of halogens is 1. The largest absolute Gasteiger partial charge is 0.506 e. The third-order valence-corrected chi connectivity index (χ3v) is 5.58. The predicted molar refractivity (Wildman–Crippen MR) is 88.0 cm³/mol. The van der Waals surface area contributed by atoms with E-state index in [-0.39, 0.29) is 11.7 Å². The molecule has 4 heteroatoms. The minimum atomic E-state index is -0.0792. The fraction of sp³-hybridized carbons (Fsp3) is 0.353. The molecule has 0 saturated carbocycles. The molecule has 1 fully saturated rings. The molecule has 1 aliphatic rings. The first-order chi connectivity index (χ1) is 10.1. The molecule has 0 bridgehead atoms. The Morgan fingerprint density at radius 2 is 2.05 bits per heavy atom. The van der Waals surface area contributed by atoms with Gasteiger partial charge in [-0.2, -0.15) is 0 Å². The van der Waals surface area contributed by atoms with E-state index >= 15 is 0 Å². The molecule has 0 aliphatic carbocycles. The average Bonchev–Trinajstić information content (AvgIpc) is 2.50. The number of phenolic OH excluding ortho intramolecular Hbond substituents is 1. The van der Waals surface area contributed by atoms with E-state index in [9.17, 15) is 9.90 Å². The molecule has 1 saturated heterocycles. The molecular formula is C17H18BrNO2. The van der Waals surface area contributed by atoms with Gasteiger partial charge in [-0.3, -0.25) is 4.79 Å². The van der Waals surface area contributed by atoms with Crippen LogP contribution in [0.5, 0.6) is 5.75 Å². The van der Waals surface area contributed by atoms with Crippen molar-refractivity contribution in [3.63, 3.8) is 0 Å². The number of likely N-dealkylation sites (tertiary alicyclic amines) is 1. The fourth-order valence-electron chi connectivity index (χ4n) is 2.90. The number of amides is 1. The third kappa shape index (κ3) is 2.64. The lowest BCUT2D eigenvalue weighted by molar-refractivity contribution is 0.0688. The number of hydrogen-bond acceptors (Lipinski definition) is 2. The van der Waals surface area contributed by atoms with Crippen molar-refractivity contribution in [3.8, 4) is 5.75 Å². The maximum absolute atomic E-state index is 12.7. The molecule has 1 aliphatic heterocycles. The molecule has 1 N–H and O–H groups in total. The minimum absolute atomic E-state index is 0.0792. The van der Waals surface area contributed by atoms with Crippen molar-refractivity contribution in [2.75, 3.05) is 13.1 Å². The van der Waals surface area contributed by atoms with Crippen LogP contribution in [0.15, 0.2) is 36.4 Å². The molecular weight excluding hydrogens is 330 g/mol. The van der Waals surface area contributed by atoms with Crippen LogP contribution >= 0.6 is 15.9 Å². The van der Waals surface area contributed by atoms with Crippen LogP contribution in [-0.4, -0.2) is 33.8 Å². The second-order valence-electron chi connectivity index (χ2n) is 5.72. The summed E-state index contributed by atoms with van der Waals surface area (Å²) in [5, 5.41) is 12.1. The molecule has 3 rings (SSSR count). The van der Waals surface area contributed by atoms with Gasteiger partial charge in [0.1, 0.15) is 5.75 Å². The van der Waals surface area contributed by atoms with E-state index in [1.165, 1.54) is 0 Å². The Morgan fingerprint density at radius 1 is 1.29 bits per heavy atom. The summed E-state index contributed by atoms with van der Waals surface area (Å²) in [7, 11) is 0. The van der Waals surface area contributed by atoms with Gasteiger partial charge in [-0.25, -0.2) is 0 Å². The van der Waals surface area contributed by atoms with Gasteiger partial charge < -0.3 is 10.0 Å². The highest BCUT2D eigenvalue weighted by Crippen LogP contribution is 2.31. The van der Waals surface area contributed by atoms with Crippen molar-refractivity contribution in [2.24, 2.45) is 5.92 Å². The standard InChI is InChI=1S/C17H18BrNO2/c1-11-10-19(9-8-15(11)18)17(21)14-7-6-12-4-2-3-5-13(12)16(14)20/h2-7,11,15,20H,8-10H2,1H3. The SMILES string of the molecule is CC1CN(C(=O)c2ccc3ccccc3c2O)CCC1Br. The predicted octanol–water partition coefficient (Wildman–Crippen LogP) is 3.79. The van der Waals surface area contributed by atoms with Gasteiger partial charge in [-0.05, 0) is 23.8 Å². The Morgan fingerprint density at radius 3 is 2.81 bits per heavy atom. The maximum atomic E-state index is 12.7. The molecule has 0 spiro atoms. The van der Waals surface area contributed by atoms with Crippen molar-refractivity contribution in [2.45, 2.75) is 18.2 Å². The van der Waals surface area contributed by atoms with Crippen LogP contribution in [0.4, 0.5) is 0 Å². The number of piperidine rings is 1. The number of carbonyl (C=O) groups is 1. The number of hydrogen-bond donors (Lipinski definition) is 1. The van der Waals surface area contributed by atoms with Crippen LogP contribution in [0, 0.1) is 5.92 Å². The number of fused-ring (bicyclic) bond motifs is 1. The van der Waals surface area contributed by atoms with E-state index in [1.807, 2.05) is 35.2 Å². The molecule has 110 valence electrons. The average molecular weight is 348 g/mol. The molecule has 1 amide bonds. The number of nitrogens with zero attached hydrogens (tertiary/aromatic N) is 1. The Balaban J connectivity index is 1.93. The molecule has 0 radical (unpaired) electrons. The zero-order valence-electron chi connectivity index (χ0n) is 11.9. The molecule has 0 aromatic heterocycles. The Kier molecular flexibility index (Phi) is 3.89. The topological polar surface area (TPSA) is 40.5 Å². The molecule has 21 heavy (non-hydrogen) atoms. The number of phenols is 1. The first-order valence-corrected chi connectivity index (χ1v) is 8.13. The van der Waals surface area contributed by atoms with Gasteiger partial charge >= 0.3 is 0 Å². The van der Waals surface area contributed by atoms with Crippen LogP contribution in [0.1, 0.15) is 23.7 Å². The summed E-state index contributed by atoms with van der Waals surface area (Å²) < 4.78 is 0. The summed E-state index contributed by atoms with van der Waals surface area (Å²) in [5.74, 6) is 0.432. The first kappa shape index (κ1) is 14.4. The fourth-order valence-corrected chi connectivity index (χ4v) is 3.27. The van der Waals surface area contributed by atoms with Gasteiger partial charge in [0.2, 0.25) is 0 Å². The zero-order valence-corrected chi connectivity index (χ0v) is 13.5. The molecule has 1 heterocycles. The Bertz CT molecular complexity index is 686. The molecule has 2 aromatic carbocycles. The summed E-state index contributed by atoms with van der Waals surface area (Å²) in [6, 6.07) is 11.2. The second kappa shape index (κ2) is 5.68. The number of aromatic hydroxyl groups is 1. The van der Waals surface area contributed by atoms with Crippen LogP contribution in [-0.2, 0) is 0 Å². The van der Waals surface area contributed by atoms with Gasteiger partial charge in [0.15, 0.2) is 0 Å². The van der Waals surface area contributed by atoms with Crippen molar-refractivity contribution < 1.29 is 9.90 Å². The first-order valence-electron chi connectivity index (χ1n) is 7.22. The van der Waals surface area contributed by atoms with E-state index in [4.69, 9.17) is 0 Å². The number of benzene rings is 2. The monoisotopic (exact) mass is 347 g/mol. The number of carbonyl (C=O) groups excluding carboxylic acids is 1. The van der Waals surface area contributed by atoms with Crippen molar-refractivity contribution in [1.82, 2.24) is 4.90 Å². The molecule has 2 atom stereocenters. The lowest BCUT2D eigenvalue weighted by Crippen LogP contribution is -2.43. The van der Waals surface area contributed by atoms with Gasteiger partial charge in [-0.1, -0.05) is 53.2 Å². The highest BCUT2D eigenvalue weighted by Gasteiger charge is 2.28. The third-order valence-electron chi connectivity index (χ3n) is 4.22. The Hall–Kier alpha value is -1.55. The summed E-state index contributed by atoms with van der Waals surface area (Å²) in [6.45, 7) is 3.59. The van der Waals surface area contributed by atoms with Crippen LogP contribution in [0.25, 0.3) is 10.8 Å². The van der Waals surface area contributed by atoms with Crippen LogP contribution < -0.4 is 0 Å². The normalized spacial score (nSPS) is 22.5. The molecule has 3 nitrogen and oxygen atoms in total. The van der Waals surface area contributed by atoms with Crippen molar-refractivity contribution in [3.05, 3.63) is 42.0 Å². The maximum Gasteiger partial charge on any atom is 0.257 e. The van der Waals surface area contributed by atoms with Gasteiger partial charge in [-0.15, -0.1) is 0 Å². The summed E-state index contributed by atoms with van der Waals surface area (Å²) in [5.41, 5.74) is 0.397. The summed E-state index contributed by atoms with van der Waals surface area (Å²) in [4.78, 5) is 15.0. The molecule has 2 unspecified atom stereocenters. The molecule has 2 aromatic rings. The smallest absolute Gasteiger partial charge is 0.257 e. The highest BCUT2D eigenvalue weighted by atomic mass is 79.9. The van der Waals surface area contributed by atoms with Gasteiger partial charge in [0, 0.05) is 23.3 Å². The van der Waals surface area contributed by atoms with E-state index in [2.05, 4.69) is 22.9 Å². The summed E-state index contributed by atoms with van der Waals surface area (Å²) in [6.07, 6.45) is 0.946. The van der Waals surface area contributed by atoms with Crippen molar-refractivity contribution >= 4 is 32.6 Å². The zero-order chi connectivity index (χ0) is 15.0. The Labute approximate surface area is 132 Å². The minimum Gasteiger partial charge on any atom is -0.506 e. The number of rotatable bonds is 1. The highest BCUT2D eigenvalue weighted by molar-refractivity contribution is 9.09. The lowest BCUT2D eigenvalue weighted by Gasteiger charge is -2.34.